The Morgan fingerprint density at radius 1 is 0.284 bits per heavy atom. The lowest BCUT2D eigenvalue weighted by Crippen LogP contribution is -2.75. The molecule has 74 heavy (non-hydrogen) atoms. The summed E-state index contributed by atoms with van der Waals surface area (Å²) in [6.07, 6.45) is 12.0. The summed E-state index contributed by atoms with van der Waals surface area (Å²) in [6, 6.07) is 71.1. The second-order valence-corrected chi connectivity index (χ2v) is 22.4. The quantitative estimate of drug-likeness (QED) is 0.124. The van der Waals surface area contributed by atoms with Crippen molar-refractivity contribution in [1.29, 1.82) is 0 Å². The second-order valence-electron chi connectivity index (χ2n) is 18.6. The van der Waals surface area contributed by atoms with Crippen molar-refractivity contribution in [1.82, 2.24) is 44.4 Å². The first-order chi connectivity index (χ1) is 36.7. The van der Waals surface area contributed by atoms with Crippen LogP contribution in [0.1, 0.15) is 0 Å². The Balaban J connectivity index is 1.02. The Hall–Kier alpha value is -9.90. The third-order valence-corrected chi connectivity index (χ3v) is 19.5. The van der Waals surface area contributed by atoms with Gasteiger partial charge in [-0.1, -0.05) is 170 Å². The fourth-order valence-corrected chi connectivity index (χ4v) is 16.3. The van der Waals surface area contributed by atoms with Gasteiger partial charge < -0.3 is 4.57 Å². The molecular formula is C64H39N9Si. The van der Waals surface area contributed by atoms with Crippen LogP contribution in [-0.2, 0) is 0 Å². The number of aromatic nitrogens is 9. The molecule has 344 valence electrons. The molecule has 0 atom stereocenters. The monoisotopic (exact) mass is 961 g/mol. The number of nitrogens with zero attached hydrogens (tertiary/aromatic N) is 9. The summed E-state index contributed by atoms with van der Waals surface area (Å²) in [5.74, 6) is 0. The third kappa shape index (κ3) is 6.15. The van der Waals surface area contributed by atoms with Crippen LogP contribution in [0.3, 0.4) is 0 Å². The summed E-state index contributed by atoms with van der Waals surface area (Å²) >= 11 is 0. The van der Waals surface area contributed by atoms with E-state index in [1.807, 2.05) is 6.20 Å². The van der Waals surface area contributed by atoms with Crippen LogP contribution in [0.5, 0.6) is 0 Å². The summed E-state index contributed by atoms with van der Waals surface area (Å²) < 4.78 is 2.41. The molecule has 5 heterocycles. The molecule has 9 nitrogen and oxygen atoms in total. The first kappa shape index (κ1) is 41.8. The minimum atomic E-state index is -3.43. The number of para-hydroxylation sites is 2. The smallest absolute Gasteiger partial charge is 0.203 e. The van der Waals surface area contributed by atoms with Crippen LogP contribution in [0.4, 0.5) is 0 Å². The van der Waals surface area contributed by atoms with Crippen LogP contribution in [0.15, 0.2) is 238 Å². The van der Waals surface area contributed by atoms with Crippen LogP contribution in [0.25, 0.3) is 118 Å². The topological polar surface area (TPSA) is 108 Å². The Morgan fingerprint density at radius 2 is 0.662 bits per heavy atom. The zero-order valence-corrected chi connectivity index (χ0v) is 40.5. The van der Waals surface area contributed by atoms with Gasteiger partial charge in [-0.05, 0) is 84.3 Å². The van der Waals surface area contributed by atoms with Crippen LogP contribution < -0.4 is 20.9 Å². The maximum atomic E-state index is 5.84. The number of rotatable bonds is 5. The van der Waals surface area contributed by atoms with Gasteiger partial charge in [0.15, 0.2) is 0 Å². The molecular weight excluding hydrogens is 923 g/mol. The molecule has 0 unspecified atom stereocenters. The van der Waals surface area contributed by atoms with Gasteiger partial charge in [-0.25, -0.2) is 0 Å². The van der Waals surface area contributed by atoms with E-state index in [0.717, 1.165) is 48.8 Å². The molecule has 5 aromatic heterocycles. The Labute approximate surface area is 426 Å². The van der Waals surface area contributed by atoms with E-state index in [1.54, 1.807) is 37.2 Å². The van der Waals surface area contributed by atoms with Gasteiger partial charge in [0.1, 0.15) is 45.6 Å². The van der Waals surface area contributed by atoms with Crippen molar-refractivity contribution in [3.63, 3.8) is 0 Å². The first-order valence-electron chi connectivity index (χ1n) is 24.6. The van der Waals surface area contributed by atoms with E-state index < -0.39 is 8.07 Å². The maximum Gasteiger partial charge on any atom is 0.203 e. The molecule has 15 rings (SSSR count). The number of benzene rings is 8. The van der Waals surface area contributed by atoms with Crippen LogP contribution in [-0.4, -0.2) is 52.5 Å². The standard InChI is InChI=1S/C64H39N9Si/c1-3-15-41(16-4-1)74(42-17-5-2-6-18-42,56-39-71-63-61-59(67-33-34-69-61)57-58(66-32-31-65-57)60-62(64(63)72-56)70-36-35-68-60)43-28-30-49-48-29-27-40(73-54-25-13-11-23-50(54)51-24-12-14-26-55(51)73)37-52(48)46-21-9-7-19-44(46)45-20-8-10-22-47(45)53(49)38-43/h1-39H. The fraction of sp³-hybridized carbons (Fsp3) is 0. The van der Waals surface area contributed by atoms with Gasteiger partial charge in [0.05, 0.1) is 16.4 Å². The molecule has 0 fully saturated rings. The van der Waals surface area contributed by atoms with Crippen molar-refractivity contribution in [2.75, 3.05) is 0 Å². The molecule has 0 saturated carbocycles. The highest BCUT2D eigenvalue weighted by Crippen LogP contribution is 2.49. The van der Waals surface area contributed by atoms with Gasteiger partial charge >= 0.3 is 0 Å². The van der Waals surface area contributed by atoms with Gasteiger partial charge in [0.25, 0.3) is 0 Å². The van der Waals surface area contributed by atoms with E-state index in [-0.39, 0.29) is 0 Å². The lowest BCUT2D eigenvalue weighted by molar-refractivity contribution is 1.09. The normalized spacial score (nSPS) is 12.1. The predicted octanol–water partition coefficient (Wildman–Crippen LogP) is 11.3. The van der Waals surface area contributed by atoms with Crippen LogP contribution >= 0.6 is 0 Å². The molecule has 0 radical (unpaired) electrons. The van der Waals surface area contributed by atoms with Crippen LogP contribution in [0.2, 0.25) is 0 Å². The average Bonchev–Trinajstić information content (AvgIpc) is 3.81. The molecule has 0 saturated heterocycles. The van der Waals surface area contributed by atoms with Crippen molar-refractivity contribution in [3.8, 4) is 95.7 Å². The summed E-state index contributed by atoms with van der Waals surface area (Å²) in [6.45, 7) is 0. The molecule has 0 amide bonds. The largest absolute Gasteiger partial charge is 0.309 e. The van der Waals surface area contributed by atoms with Gasteiger partial charge in [0.2, 0.25) is 8.07 Å². The number of hydrogen-bond donors (Lipinski definition) is 0. The van der Waals surface area contributed by atoms with E-state index >= 15 is 0 Å². The van der Waals surface area contributed by atoms with Crippen LogP contribution in [0, 0.1) is 0 Å². The Morgan fingerprint density at radius 3 is 1.16 bits per heavy atom. The van der Waals surface area contributed by atoms with Gasteiger partial charge in [-0.3, -0.25) is 39.9 Å². The molecule has 0 bridgehead atoms. The van der Waals surface area contributed by atoms with E-state index in [1.165, 1.54) is 44.1 Å². The highest BCUT2D eigenvalue weighted by molar-refractivity contribution is 7.19. The Kier molecular flexibility index (Phi) is 9.38. The fourth-order valence-electron chi connectivity index (χ4n) is 11.8. The van der Waals surface area contributed by atoms with E-state index in [9.17, 15) is 0 Å². The molecule has 0 N–H and O–H groups in total. The molecule has 10 heteroatoms. The Bertz CT molecular complexity index is 4300. The number of fused-ring (bicyclic) bond motifs is 19. The lowest BCUT2D eigenvalue weighted by atomic mass is 9.81. The summed E-state index contributed by atoms with van der Waals surface area (Å²) in [7, 11) is -3.43. The second kappa shape index (κ2) is 16.6. The lowest BCUT2D eigenvalue weighted by Gasteiger charge is -2.34. The summed E-state index contributed by atoms with van der Waals surface area (Å²) in [4.78, 5) is 40.4. The SMILES string of the molecule is c1ccc([Si](c2ccccc2)(c2ccc3c(c2)-c2ccccc2-c2ccccc2-c2cc(-n4c5ccccc5c5ccccc54)ccc2-3)c2cnc3c(n2)-c2nccnc2-c2nccnc2-c2nccnc2-3)cc1. The molecule has 0 spiro atoms. The minimum Gasteiger partial charge on any atom is -0.309 e. The highest BCUT2D eigenvalue weighted by atomic mass is 28.3. The highest BCUT2D eigenvalue weighted by Gasteiger charge is 2.45. The average molecular weight is 962 g/mol. The molecule has 2 aliphatic carbocycles. The molecule has 2 aliphatic rings. The first-order valence-corrected chi connectivity index (χ1v) is 26.6. The molecule has 8 aromatic carbocycles. The third-order valence-electron chi connectivity index (χ3n) is 14.9. The van der Waals surface area contributed by atoms with E-state index in [0.29, 0.717) is 45.6 Å². The van der Waals surface area contributed by atoms with Crippen molar-refractivity contribution in [2.45, 2.75) is 0 Å². The molecule has 13 aromatic rings. The zero-order chi connectivity index (χ0) is 48.7. The minimum absolute atomic E-state index is 0.543. The summed E-state index contributed by atoms with van der Waals surface area (Å²) in [5.41, 5.74) is 17.1. The van der Waals surface area contributed by atoms with Crippen molar-refractivity contribution in [2.24, 2.45) is 0 Å². The predicted molar refractivity (Wildman–Crippen MR) is 297 cm³/mol. The summed E-state index contributed by atoms with van der Waals surface area (Å²) in [5, 5.41) is 6.76. The van der Waals surface area contributed by atoms with Crippen molar-refractivity contribution in [3.05, 3.63) is 238 Å². The maximum absolute atomic E-state index is 5.84. The van der Waals surface area contributed by atoms with E-state index in [4.69, 9.17) is 39.9 Å². The van der Waals surface area contributed by atoms with Gasteiger partial charge in [-0.15, -0.1) is 0 Å². The van der Waals surface area contributed by atoms with Gasteiger partial charge in [-0.2, -0.15) is 0 Å². The zero-order valence-electron chi connectivity index (χ0n) is 39.5. The number of hydrogen-bond acceptors (Lipinski definition) is 8. The van der Waals surface area contributed by atoms with Crippen molar-refractivity contribution >= 4 is 50.8 Å². The molecule has 0 aliphatic heterocycles. The van der Waals surface area contributed by atoms with E-state index in [2.05, 4.69) is 199 Å². The van der Waals surface area contributed by atoms with Crippen molar-refractivity contribution < 1.29 is 0 Å². The van der Waals surface area contributed by atoms with Gasteiger partial charge in [0, 0.05) is 59.8 Å².